The van der Waals surface area contributed by atoms with Crippen LogP contribution < -0.4 is 11.1 Å². The normalized spacial score (nSPS) is 11.2. The van der Waals surface area contributed by atoms with Crippen LogP contribution in [0.2, 0.25) is 0 Å². The Hall–Kier alpha value is -1.56. The van der Waals surface area contributed by atoms with Crippen LogP contribution in [-0.4, -0.2) is 23.5 Å². The molecule has 0 heterocycles. The smallest absolute Gasteiger partial charge is 0.303 e. The van der Waals surface area contributed by atoms with Crippen molar-refractivity contribution in [2.24, 2.45) is 11.1 Å². The molecule has 1 aromatic rings. The molecule has 0 aromatic heterocycles. The highest BCUT2D eigenvalue weighted by Crippen LogP contribution is 2.27. The van der Waals surface area contributed by atoms with Crippen LogP contribution in [-0.2, 0) is 4.79 Å². The second-order valence-electron chi connectivity index (χ2n) is 5.79. The minimum atomic E-state index is -0.778. The van der Waals surface area contributed by atoms with E-state index in [4.69, 9.17) is 10.8 Å². The molecule has 0 aliphatic rings. The lowest BCUT2D eigenvalue weighted by Crippen LogP contribution is -2.20. The van der Waals surface area contributed by atoms with E-state index in [0.29, 0.717) is 24.2 Å². The number of carboxylic acid groups (broad SMARTS) is 1. The van der Waals surface area contributed by atoms with Gasteiger partial charge < -0.3 is 16.2 Å². The molecule has 116 valence electrons. The quantitative estimate of drug-likeness (QED) is 0.666. The van der Waals surface area contributed by atoms with Crippen molar-refractivity contribution in [2.75, 3.05) is 11.9 Å². The maximum atomic E-state index is 11.4. The Morgan fingerprint density at radius 1 is 1.33 bits per heavy atom. The van der Waals surface area contributed by atoms with Crippen LogP contribution in [0, 0.1) is 5.41 Å². The van der Waals surface area contributed by atoms with Crippen molar-refractivity contribution in [3.63, 3.8) is 0 Å². The Kier molecular flexibility index (Phi) is 6.20. The first-order valence-electron chi connectivity index (χ1n) is 6.76. The first kappa shape index (κ1) is 17.5. The topological polar surface area (TPSA) is 92.4 Å². The Labute approximate surface area is 133 Å². The fraction of sp³-hybridized carbons (Fsp3) is 0.467. The van der Waals surface area contributed by atoms with Crippen LogP contribution in [0.1, 0.15) is 43.5 Å². The van der Waals surface area contributed by atoms with Gasteiger partial charge in [0.2, 0.25) is 0 Å². The average Bonchev–Trinajstić information content (AvgIpc) is 2.38. The molecule has 1 rings (SSSR count). The van der Waals surface area contributed by atoms with Gasteiger partial charge in [-0.15, -0.1) is 0 Å². The molecule has 1 amide bonds. The van der Waals surface area contributed by atoms with Gasteiger partial charge in [0.15, 0.2) is 0 Å². The lowest BCUT2D eigenvalue weighted by atomic mass is 9.84. The molecule has 0 atom stereocenters. The molecule has 0 unspecified atom stereocenters. The van der Waals surface area contributed by atoms with Crippen molar-refractivity contribution >= 4 is 33.5 Å². The van der Waals surface area contributed by atoms with E-state index in [9.17, 15) is 9.59 Å². The van der Waals surface area contributed by atoms with Gasteiger partial charge in [-0.1, -0.05) is 29.8 Å². The summed E-state index contributed by atoms with van der Waals surface area (Å²) in [4.78, 5) is 22.0. The first-order chi connectivity index (χ1) is 9.71. The summed E-state index contributed by atoms with van der Waals surface area (Å²) in [5.74, 6) is -1.26. The van der Waals surface area contributed by atoms with Crippen LogP contribution in [0.15, 0.2) is 22.7 Å². The molecule has 0 fully saturated rings. The van der Waals surface area contributed by atoms with Crippen molar-refractivity contribution in [1.82, 2.24) is 0 Å². The van der Waals surface area contributed by atoms with E-state index in [1.807, 2.05) is 19.9 Å². The Morgan fingerprint density at radius 3 is 2.57 bits per heavy atom. The standard InChI is InChI=1S/C15H21BrN2O3/c1-15(2,6-5-13(19)20)7-8-18-12-4-3-10(16)9-11(12)14(17)21/h3-4,9,18H,5-8H2,1-2H3,(H2,17,21)(H,19,20). The third-order valence-electron chi connectivity index (χ3n) is 3.38. The number of aliphatic carboxylic acids is 1. The average molecular weight is 357 g/mol. The second-order valence-corrected chi connectivity index (χ2v) is 6.70. The molecule has 21 heavy (non-hydrogen) atoms. The van der Waals surface area contributed by atoms with Crippen LogP contribution in [0.25, 0.3) is 0 Å². The summed E-state index contributed by atoms with van der Waals surface area (Å²) in [6.07, 6.45) is 1.58. The number of nitrogens with one attached hydrogen (secondary N) is 1. The van der Waals surface area contributed by atoms with Gasteiger partial charge in [-0.25, -0.2) is 0 Å². The van der Waals surface area contributed by atoms with Crippen molar-refractivity contribution in [3.05, 3.63) is 28.2 Å². The van der Waals surface area contributed by atoms with Gasteiger partial charge >= 0.3 is 5.97 Å². The number of carbonyl (C=O) groups excluding carboxylic acids is 1. The van der Waals surface area contributed by atoms with Crippen molar-refractivity contribution in [1.29, 1.82) is 0 Å². The summed E-state index contributed by atoms with van der Waals surface area (Å²) in [5.41, 5.74) is 6.41. The summed E-state index contributed by atoms with van der Waals surface area (Å²) in [6.45, 7) is 4.72. The molecular weight excluding hydrogens is 336 g/mol. The van der Waals surface area contributed by atoms with Crippen molar-refractivity contribution in [2.45, 2.75) is 33.1 Å². The van der Waals surface area contributed by atoms with Gasteiger partial charge in [0.05, 0.1) is 5.56 Å². The number of anilines is 1. The lowest BCUT2D eigenvalue weighted by molar-refractivity contribution is -0.137. The molecule has 0 bridgehead atoms. The zero-order valence-corrected chi connectivity index (χ0v) is 13.9. The van der Waals surface area contributed by atoms with E-state index in [-0.39, 0.29) is 11.8 Å². The molecular formula is C15H21BrN2O3. The number of carbonyl (C=O) groups is 2. The number of primary amides is 1. The third-order valence-corrected chi connectivity index (χ3v) is 3.87. The molecule has 5 nitrogen and oxygen atoms in total. The van der Waals surface area contributed by atoms with Gasteiger partial charge in [-0.05, 0) is 36.5 Å². The molecule has 0 saturated carbocycles. The number of benzene rings is 1. The minimum absolute atomic E-state index is 0.0758. The second kappa shape index (κ2) is 7.45. The van der Waals surface area contributed by atoms with E-state index in [0.717, 1.165) is 10.9 Å². The largest absolute Gasteiger partial charge is 0.481 e. The number of halogens is 1. The summed E-state index contributed by atoms with van der Waals surface area (Å²) in [7, 11) is 0. The monoisotopic (exact) mass is 356 g/mol. The van der Waals surface area contributed by atoms with Gasteiger partial charge in [0, 0.05) is 23.1 Å². The number of nitrogens with two attached hydrogens (primary N) is 1. The zero-order chi connectivity index (χ0) is 16.0. The van der Waals surface area contributed by atoms with Gasteiger partial charge in [0.1, 0.15) is 0 Å². The first-order valence-corrected chi connectivity index (χ1v) is 7.55. The SMILES string of the molecule is CC(C)(CCNc1ccc(Br)cc1C(N)=O)CCC(=O)O. The van der Waals surface area contributed by atoms with E-state index in [1.54, 1.807) is 12.1 Å². The van der Waals surface area contributed by atoms with Crippen molar-refractivity contribution < 1.29 is 14.7 Å². The molecule has 0 saturated heterocycles. The number of rotatable bonds is 8. The van der Waals surface area contributed by atoms with E-state index in [1.165, 1.54) is 0 Å². The van der Waals surface area contributed by atoms with Crippen LogP contribution >= 0.6 is 15.9 Å². The minimum Gasteiger partial charge on any atom is -0.481 e. The van der Waals surface area contributed by atoms with E-state index >= 15 is 0 Å². The molecule has 0 aliphatic carbocycles. The predicted molar refractivity (Wildman–Crippen MR) is 86.4 cm³/mol. The highest BCUT2D eigenvalue weighted by atomic mass is 79.9. The van der Waals surface area contributed by atoms with E-state index < -0.39 is 11.9 Å². The number of amides is 1. The van der Waals surface area contributed by atoms with Crippen LogP contribution in [0.5, 0.6) is 0 Å². The highest BCUT2D eigenvalue weighted by molar-refractivity contribution is 9.10. The summed E-state index contributed by atoms with van der Waals surface area (Å²) >= 11 is 3.31. The molecule has 6 heteroatoms. The van der Waals surface area contributed by atoms with Crippen LogP contribution in [0.3, 0.4) is 0 Å². The Morgan fingerprint density at radius 2 is 2.00 bits per heavy atom. The molecule has 0 spiro atoms. The highest BCUT2D eigenvalue weighted by Gasteiger charge is 2.19. The van der Waals surface area contributed by atoms with E-state index in [2.05, 4.69) is 21.2 Å². The van der Waals surface area contributed by atoms with Gasteiger partial charge in [-0.3, -0.25) is 9.59 Å². The zero-order valence-electron chi connectivity index (χ0n) is 12.3. The lowest BCUT2D eigenvalue weighted by Gasteiger charge is -2.24. The molecule has 1 aromatic carbocycles. The molecule has 4 N–H and O–H groups in total. The Bertz CT molecular complexity index is 530. The third kappa shape index (κ3) is 6.16. The summed E-state index contributed by atoms with van der Waals surface area (Å²) in [6, 6.07) is 5.32. The number of hydrogen-bond acceptors (Lipinski definition) is 3. The molecule has 0 aliphatic heterocycles. The fourth-order valence-corrected chi connectivity index (χ4v) is 2.34. The molecule has 0 radical (unpaired) electrons. The van der Waals surface area contributed by atoms with Gasteiger partial charge in [-0.2, -0.15) is 0 Å². The summed E-state index contributed by atoms with van der Waals surface area (Å²) < 4.78 is 0.795. The van der Waals surface area contributed by atoms with Crippen molar-refractivity contribution in [3.8, 4) is 0 Å². The van der Waals surface area contributed by atoms with Gasteiger partial charge in [0.25, 0.3) is 5.91 Å². The maximum absolute atomic E-state index is 11.4. The number of hydrogen-bond donors (Lipinski definition) is 3. The van der Waals surface area contributed by atoms with Crippen LogP contribution in [0.4, 0.5) is 5.69 Å². The fourth-order valence-electron chi connectivity index (χ4n) is 1.98. The number of carboxylic acids is 1. The predicted octanol–water partition coefficient (Wildman–Crippen LogP) is 3.24. The maximum Gasteiger partial charge on any atom is 0.303 e. The Balaban J connectivity index is 2.60. The summed E-state index contributed by atoms with van der Waals surface area (Å²) in [5, 5.41) is 11.9.